The van der Waals surface area contributed by atoms with Gasteiger partial charge in [0.15, 0.2) is 0 Å². The van der Waals surface area contributed by atoms with Gasteiger partial charge in [0.25, 0.3) is 5.91 Å². The molecule has 2 aromatic carbocycles. The fraction of sp³-hybridized carbons (Fsp3) is 0.200. The van der Waals surface area contributed by atoms with Crippen molar-refractivity contribution in [3.63, 3.8) is 0 Å². The molecule has 1 aliphatic heterocycles. The van der Waals surface area contributed by atoms with Gasteiger partial charge in [0.1, 0.15) is 5.75 Å². The minimum absolute atomic E-state index is 0.0947. The van der Waals surface area contributed by atoms with Gasteiger partial charge in [0.2, 0.25) is 0 Å². The smallest absolute Gasteiger partial charge is 0.251 e. The molecule has 0 radical (unpaired) electrons. The molecule has 0 saturated carbocycles. The van der Waals surface area contributed by atoms with E-state index in [2.05, 4.69) is 16.4 Å². The Hall–Kier alpha value is -2.53. The van der Waals surface area contributed by atoms with Gasteiger partial charge in [-0.25, -0.2) is 4.98 Å². The van der Waals surface area contributed by atoms with Gasteiger partial charge in [-0.05, 0) is 42.3 Å². The number of ether oxygens (including phenoxy) is 1. The zero-order chi connectivity index (χ0) is 17.2. The maximum Gasteiger partial charge on any atom is 0.251 e. The van der Waals surface area contributed by atoms with Gasteiger partial charge in [0, 0.05) is 28.8 Å². The molecule has 4 nitrogen and oxygen atoms in total. The van der Waals surface area contributed by atoms with Crippen LogP contribution in [-0.4, -0.2) is 23.8 Å². The van der Waals surface area contributed by atoms with Gasteiger partial charge < -0.3 is 10.1 Å². The monoisotopic (exact) mass is 350 g/mol. The topological polar surface area (TPSA) is 51.2 Å². The Kier molecular flexibility index (Phi) is 4.32. The van der Waals surface area contributed by atoms with Crippen LogP contribution in [0.25, 0.3) is 10.9 Å². The van der Waals surface area contributed by atoms with Crippen molar-refractivity contribution < 1.29 is 9.53 Å². The zero-order valence-corrected chi connectivity index (χ0v) is 14.7. The number of nitrogens with one attached hydrogen (secondary N) is 1. The van der Waals surface area contributed by atoms with E-state index < -0.39 is 0 Å². The van der Waals surface area contributed by atoms with Crippen LogP contribution in [0.2, 0.25) is 0 Å². The van der Waals surface area contributed by atoms with Crippen LogP contribution in [0.5, 0.6) is 5.75 Å². The SMILES string of the molecule is COc1ccccc1CNC(=O)c1ccc2nc3c(cc2c1)CCS3. The van der Waals surface area contributed by atoms with Gasteiger partial charge in [0.05, 0.1) is 17.7 Å². The lowest BCUT2D eigenvalue weighted by molar-refractivity contribution is 0.0951. The number of carbonyl (C=O) groups is 1. The summed E-state index contributed by atoms with van der Waals surface area (Å²) in [5.41, 5.74) is 3.82. The highest BCUT2D eigenvalue weighted by Gasteiger charge is 2.15. The summed E-state index contributed by atoms with van der Waals surface area (Å²) in [5.74, 6) is 1.77. The highest BCUT2D eigenvalue weighted by atomic mass is 32.2. The molecule has 0 aliphatic carbocycles. The summed E-state index contributed by atoms with van der Waals surface area (Å²) in [6.45, 7) is 0.431. The molecular weight excluding hydrogens is 332 g/mol. The number of hydrogen-bond donors (Lipinski definition) is 1. The third-order valence-corrected chi connectivity index (χ3v) is 5.39. The minimum atomic E-state index is -0.0947. The second-order valence-electron chi connectivity index (χ2n) is 5.95. The van der Waals surface area contributed by atoms with E-state index in [9.17, 15) is 4.79 Å². The molecule has 0 saturated heterocycles. The Morgan fingerprint density at radius 3 is 3.00 bits per heavy atom. The van der Waals surface area contributed by atoms with Gasteiger partial charge in [-0.15, -0.1) is 11.8 Å². The van der Waals surface area contributed by atoms with E-state index in [1.165, 1.54) is 5.56 Å². The van der Waals surface area contributed by atoms with Crippen LogP contribution in [0.1, 0.15) is 21.5 Å². The lowest BCUT2D eigenvalue weighted by atomic mass is 10.1. The summed E-state index contributed by atoms with van der Waals surface area (Å²) in [7, 11) is 1.63. The van der Waals surface area contributed by atoms with Crippen molar-refractivity contribution in [1.82, 2.24) is 10.3 Å². The van der Waals surface area contributed by atoms with Crippen molar-refractivity contribution in [3.05, 3.63) is 65.2 Å². The summed E-state index contributed by atoms with van der Waals surface area (Å²) >= 11 is 1.80. The first-order valence-electron chi connectivity index (χ1n) is 8.21. The Bertz CT molecular complexity index is 956. The van der Waals surface area contributed by atoms with Gasteiger partial charge in [-0.2, -0.15) is 0 Å². The van der Waals surface area contributed by atoms with Gasteiger partial charge >= 0.3 is 0 Å². The first-order chi connectivity index (χ1) is 12.2. The summed E-state index contributed by atoms with van der Waals surface area (Å²) < 4.78 is 5.32. The number of pyridine rings is 1. The van der Waals surface area contributed by atoms with Crippen LogP contribution in [0.4, 0.5) is 0 Å². The Morgan fingerprint density at radius 1 is 1.24 bits per heavy atom. The first kappa shape index (κ1) is 16.0. The Balaban J connectivity index is 1.54. The summed E-state index contributed by atoms with van der Waals surface area (Å²) in [6, 6.07) is 15.5. The predicted octanol–water partition coefficient (Wildman–Crippen LogP) is 3.82. The number of carbonyl (C=O) groups excluding carboxylic acids is 1. The van der Waals surface area contributed by atoms with E-state index in [1.807, 2.05) is 42.5 Å². The number of amides is 1. The van der Waals surface area contributed by atoms with Crippen molar-refractivity contribution in [2.45, 2.75) is 18.0 Å². The number of rotatable bonds is 4. The molecule has 0 fully saturated rings. The molecule has 4 rings (SSSR count). The van der Waals surface area contributed by atoms with Crippen LogP contribution in [0.3, 0.4) is 0 Å². The molecule has 1 aliphatic rings. The first-order valence-corrected chi connectivity index (χ1v) is 9.20. The van der Waals surface area contributed by atoms with Gasteiger partial charge in [-0.1, -0.05) is 18.2 Å². The molecule has 0 unspecified atom stereocenters. The van der Waals surface area contributed by atoms with E-state index in [-0.39, 0.29) is 5.91 Å². The van der Waals surface area contributed by atoms with Crippen molar-refractivity contribution in [2.24, 2.45) is 0 Å². The van der Waals surface area contributed by atoms with E-state index in [4.69, 9.17) is 4.74 Å². The third-order valence-electron chi connectivity index (χ3n) is 4.36. The minimum Gasteiger partial charge on any atom is -0.496 e. The largest absolute Gasteiger partial charge is 0.496 e. The van der Waals surface area contributed by atoms with Crippen LogP contribution in [0, 0.1) is 0 Å². The van der Waals surface area contributed by atoms with Crippen molar-refractivity contribution in [1.29, 1.82) is 0 Å². The molecular formula is C20H18N2O2S. The Morgan fingerprint density at radius 2 is 2.12 bits per heavy atom. The van der Waals surface area contributed by atoms with Crippen LogP contribution < -0.4 is 10.1 Å². The number of aryl methyl sites for hydroxylation is 1. The van der Waals surface area contributed by atoms with E-state index >= 15 is 0 Å². The number of methoxy groups -OCH3 is 1. The lowest BCUT2D eigenvalue weighted by Crippen LogP contribution is -2.23. The second-order valence-corrected chi connectivity index (χ2v) is 7.04. The average molecular weight is 350 g/mol. The normalized spacial score (nSPS) is 12.8. The molecule has 0 bridgehead atoms. The molecule has 1 amide bonds. The lowest BCUT2D eigenvalue weighted by Gasteiger charge is -2.10. The van der Waals surface area contributed by atoms with Gasteiger partial charge in [-0.3, -0.25) is 4.79 Å². The highest BCUT2D eigenvalue weighted by Crippen LogP contribution is 2.32. The highest BCUT2D eigenvalue weighted by molar-refractivity contribution is 7.99. The van der Waals surface area contributed by atoms with Crippen molar-refractivity contribution >= 4 is 28.6 Å². The van der Waals surface area contributed by atoms with E-state index in [0.717, 1.165) is 39.4 Å². The molecule has 1 aromatic heterocycles. The predicted molar refractivity (Wildman–Crippen MR) is 100 cm³/mol. The fourth-order valence-electron chi connectivity index (χ4n) is 3.03. The summed E-state index contributed by atoms with van der Waals surface area (Å²) in [5, 5.41) is 5.11. The molecule has 0 spiro atoms. The molecule has 3 aromatic rings. The Labute approximate surface area is 150 Å². The van der Waals surface area contributed by atoms with E-state index in [0.29, 0.717) is 12.1 Å². The number of nitrogens with zero attached hydrogens (tertiary/aromatic N) is 1. The number of thioether (sulfide) groups is 1. The number of aromatic nitrogens is 1. The fourth-order valence-corrected chi connectivity index (χ4v) is 4.06. The molecule has 2 heterocycles. The van der Waals surface area contributed by atoms with E-state index in [1.54, 1.807) is 18.9 Å². The van der Waals surface area contributed by atoms with Crippen molar-refractivity contribution in [2.75, 3.05) is 12.9 Å². The standard InChI is InChI=1S/C20H18N2O2S/c1-24-18-5-3-2-4-15(18)12-21-19(23)13-6-7-17-16(10-13)11-14-8-9-25-20(14)22-17/h2-7,10-11H,8-9,12H2,1H3,(H,21,23). The van der Waals surface area contributed by atoms with Crippen LogP contribution >= 0.6 is 11.8 Å². The number of benzene rings is 2. The molecule has 25 heavy (non-hydrogen) atoms. The quantitative estimate of drug-likeness (QED) is 0.777. The molecule has 0 atom stereocenters. The maximum atomic E-state index is 12.5. The molecule has 5 heteroatoms. The molecule has 126 valence electrons. The summed E-state index contributed by atoms with van der Waals surface area (Å²) in [4.78, 5) is 17.2. The zero-order valence-electron chi connectivity index (χ0n) is 13.9. The van der Waals surface area contributed by atoms with Crippen molar-refractivity contribution in [3.8, 4) is 5.75 Å². The van der Waals surface area contributed by atoms with Crippen LogP contribution in [-0.2, 0) is 13.0 Å². The number of hydrogen-bond acceptors (Lipinski definition) is 4. The maximum absolute atomic E-state index is 12.5. The average Bonchev–Trinajstić information content (AvgIpc) is 3.11. The second kappa shape index (κ2) is 6.76. The molecule has 1 N–H and O–H groups in total. The van der Waals surface area contributed by atoms with Crippen LogP contribution in [0.15, 0.2) is 53.6 Å². The number of fused-ring (bicyclic) bond motifs is 2. The third kappa shape index (κ3) is 3.20. The summed E-state index contributed by atoms with van der Waals surface area (Å²) in [6.07, 6.45) is 1.05. The number of para-hydroxylation sites is 1.